The van der Waals surface area contributed by atoms with E-state index in [1.807, 2.05) is 6.07 Å². The van der Waals surface area contributed by atoms with Crippen LogP contribution in [0.2, 0.25) is 0 Å². The van der Waals surface area contributed by atoms with Crippen molar-refractivity contribution in [3.63, 3.8) is 0 Å². The number of carbonyl (C=O) groups excluding carboxylic acids is 2. The number of morpholine rings is 1. The number of rotatable bonds is 3. The molecule has 0 spiro atoms. The lowest BCUT2D eigenvalue weighted by molar-refractivity contribution is -0.104. The van der Waals surface area contributed by atoms with Gasteiger partial charge in [0.2, 0.25) is 5.78 Å². The molecule has 2 rings (SSSR count). The molecule has 1 aromatic rings. The first-order valence-corrected chi connectivity index (χ1v) is 5.23. The summed E-state index contributed by atoms with van der Waals surface area (Å²) in [6.07, 6.45) is 0.346. The molecular formula is C12H13NO3. The summed E-state index contributed by atoms with van der Waals surface area (Å²) in [4.78, 5) is 23.8. The molecule has 0 aliphatic carbocycles. The van der Waals surface area contributed by atoms with E-state index in [0.29, 0.717) is 25.1 Å². The van der Waals surface area contributed by atoms with Crippen molar-refractivity contribution in [3.05, 3.63) is 29.8 Å². The summed E-state index contributed by atoms with van der Waals surface area (Å²) in [7, 11) is 0. The van der Waals surface area contributed by atoms with Crippen molar-refractivity contribution >= 4 is 17.8 Å². The Labute approximate surface area is 93.8 Å². The molecule has 1 saturated heterocycles. The number of hydrogen-bond donors (Lipinski definition) is 0. The third-order valence-electron chi connectivity index (χ3n) is 2.61. The van der Waals surface area contributed by atoms with Crippen LogP contribution in [0, 0.1) is 0 Å². The number of aldehydes is 1. The second-order valence-corrected chi connectivity index (χ2v) is 3.63. The van der Waals surface area contributed by atoms with Gasteiger partial charge in [-0.05, 0) is 12.1 Å². The number of Topliss-reactive ketones (excluding diaryl/α,β-unsaturated/α-hetero) is 1. The molecule has 4 heteroatoms. The fourth-order valence-corrected chi connectivity index (χ4v) is 1.75. The van der Waals surface area contributed by atoms with Gasteiger partial charge in [0.25, 0.3) is 0 Å². The van der Waals surface area contributed by atoms with E-state index in [2.05, 4.69) is 4.90 Å². The van der Waals surface area contributed by atoms with Crippen LogP contribution in [-0.4, -0.2) is 38.4 Å². The molecule has 1 heterocycles. The Balaban J connectivity index is 2.20. The summed E-state index contributed by atoms with van der Waals surface area (Å²) >= 11 is 0. The van der Waals surface area contributed by atoms with Crippen LogP contribution in [-0.2, 0) is 9.53 Å². The molecule has 0 aromatic heterocycles. The van der Waals surface area contributed by atoms with Gasteiger partial charge >= 0.3 is 0 Å². The highest BCUT2D eigenvalue weighted by Crippen LogP contribution is 2.17. The van der Waals surface area contributed by atoms with Gasteiger partial charge in [-0.15, -0.1) is 0 Å². The summed E-state index contributed by atoms with van der Waals surface area (Å²) in [5.74, 6) is -0.477. The lowest BCUT2D eigenvalue weighted by Crippen LogP contribution is -2.36. The summed E-state index contributed by atoms with van der Waals surface area (Å²) in [6.45, 7) is 3.04. The van der Waals surface area contributed by atoms with Crippen molar-refractivity contribution < 1.29 is 14.3 Å². The van der Waals surface area contributed by atoms with Crippen molar-refractivity contribution in [3.8, 4) is 0 Å². The first-order chi connectivity index (χ1) is 7.81. The molecule has 0 saturated carbocycles. The lowest BCUT2D eigenvalue weighted by Gasteiger charge is -2.29. The maximum Gasteiger partial charge on any atom is 0.225 e. The predicted octanol–water partition coefficient (Wildman–Crippen LogP) is 0.905. The Morgan fingerprint density at radius 1 is 1.31 bits per heavy atom. The average Bonchev–Trinajstić information content (AvgIpc) is 2.39. The highest BCUT2D eigenvalue weighted by molar-refractivity contribution is 6.33. The molecule has 1 aliphatic heterocycles. The van der Waals surface area contributed by atoms with Gasteiger partial charge < -0.3 is 9.64 Å². The zero-order chi connectivity index (χ0) is 11.4. The van der Waals surface area contributed by atoms with E-state index >= 15 is 0 Å². The van der Waals surface area contributed by atoms with E-state index in [1.54, 1.807) is 18.2 Å². The smallest absolute Gasteiger partial charge is 0.225 e. The Hall–Kier alpha value is -1.68. The Morgan fingerprint density at radius 2 is 2.06 bits per heavy atom. The van der Waals surface area contributed by atoms with Gasteiger partial charge in [0.15, 0.2) is 6.29 Å². The third kappa shape index (κ3) is 2.28. The molecule has 0 amide bonds. The molecule has 1 aliphatic rings. The molecule has 0 radical (unpaired) electrons. The number of benzene rings is 1. The second kappa shape index (κ2) is 4.90. The zero-order valence-electron chi connectivity index (χ0n) is 8.89. The molecule has 0 unspecified atom stereocenters. The van der Waals surface area contributed by atoms with E-state index in [4.69, 9.17) is 4.74 Å². The molecule has 1 fully saturated rings. The van der Waals surface area contributed by atoms with Crippen LogP contribution in [0.25, 0.3) is 0 Å². The minimum absolute atomic E-state index is 0.346. The largest absolute Gasteiger partial charge is 0.378 e. The minimum atomic E-state index is -0.477. The predicted molar refractivity (Wildman–Crippen MR) is 59.9 cm³/mol. The van der Waals surface area contributed by atoms with E-state index in [-0.39, 0.29) is 0 Å². The monoisotopic (exact) mass is 219 g/mol. The minimum Gasteiger partial charge on any atom is -0.378 e. The Kier molecular flexibility index (Phi) is 3.31. The van der Waals surface area contributed by atoms with Crippen LogP contribution in [0.5, 0.6) is 0 Å². The van der Waals surface area contributed by atoms with Gasteiger partial charge in [-0.25, -0.2) is 0 Å². The molecule has 0 atom stereocenters. The van der Waals surface area contributed by atoms with Crippen molar-refractivity contribution in [2.45, 2.75) is 0 Å². The van der Waals surface area contributed by atoms with Crippen molar-refractivity contribution in [1.29, 1.82) is 0 Å². The average molecular weight is 219 g/mol. The number of ketones is 1. The zero-order valence-corrected chi connectivity index (χ0v) is 8.89. The second-order valence-electron chi connectivity index (χ2n) is 3.63. The van der Waals surface area contributed by atoms with Gasteiger partial charge in [-0.3, -0.25) is 9.59 Å². The van der Waals surface area contributed by atoms with E-state index in [1.165, 1.54) is 0 Å². The Bertz CT molecular complexity index is 397. The highest BCUT2D eigenvalue weighted by Gasteiger charge is 2.12. The summed E-state index contributed by atoms with van der Waals surface area (Å²) in [6, 6.07) is 7.14. The summed E-state index contributed by atoms with van der Waals surface area (Å²) in [5.41, 5.74) is 1.41. The normalized spacial score (nSPS) is 15.9. The number of anilines is 1. The highest BCUT2D eigenvalue weighted by atomic mass is 16.5. The van der Waals surface area contributed by atoms with Crippen molar-refractivity contribution in [2.75, 3.05) is 31.2 Å². The van der Waals surface area contributed by atoms with Gasteiger partial charge in [0.1, 0.15) is 0 Å². The molecular weight excluding hydrogens is 206 g/mol. The quantitative estimate of drug-likeness (QED) is 0.430. The van der Waals surface area contributed by atoms with Gasteiger partial charge in [-0.2, -0.15) is 0 Å². The maximum absolute atomic E-state index is 11.2. The number of hydrogen-bond acceptors (Lipinski definition) is 4. The molecule has 4 nitrogen and oxygen atoms in total. The van der Waals surface area contributed by atoms with E-state index < -0.39 is 5.78 Å². The lowest BCUT2D eigenvalue weighted by atomic mass is 10.1. The number of ether oxygens (including phenoxy) is 1. The summed E-state index contributed by atoms with van der Waals surface area (Å²) < 4.78 is 5.26. The first-order valence-electron chi connectivity index (χ1n) is 5.23. The van der Waals surface area contributed by atoms with Crippen LogP contribution < -0.4 is 4.90 Å². The van der Waals surface area contributed by atoms with E-state index in [0.717, 1.165) is 18.8 Å². The van der Waals surface area contributed by atoms with Crippen LogP contribution in [0.15, 0.2) is 24.3 Å². The molecule has 0 bridgehead atoms. The maximum atomic E-state index is 11.2. The topological polar surface area (TPSA) is 46.6 Å². The SMILES string of the molecule is O=CC(=O)c1cccc(N2CCOCC2)c1. The van der Waals surface area contributed by atoms with Crippen LogP contribution in [0.3, 0.4) is 0 Å². The van der Waals surface area contributed by atoms with Crippen LogP contribution in [0.4, 0.5) is 5.69 Å². The van der Waals surface area contributed by atoms with Crippen molar-refractivity contribution in [1.82, 2.24) is 0 Å². The molecule has 16 heavy (non-hydrogen) atoms. The van der Waals surface area contributed by atoms with Gasteiger partial charge in [0.05, 0.1) is 13.2 Å². The number of carbonyl (C=O) groups is 2. The van der Waals surface area contributed by atoms with Gasteiger partial charge in [0, 0.05) is 24.3 Å². The molecule has 84 valence electrons. The fourth-order valence-electron chi connectivity index (χ4n) is 1.75. The van der Waals surface area contributed by atoms with Crippen molar-refractivity contribution in [2.24, 2.45) is 0 Å². The third-order valence-corrected chi connectivity index (χ3v) is 2.61. The molecule has 1 aromatic carbocycles. The molecule has 0 N–H and O–H groups in total. The van der Waals surface area contributed by atoms with Crippen LogP contribution >= 0.6 is 0 Å². The Morgan fingerprint density at radius 3 is 2.75 bits per heavy atom. The van der Waals surface area contributed by atoms with Crippen LogP contribution in [0.1, 0.15) is 10.4 Å². The summed E-state index contributed by atoms with van der Waals surface area (Å²) in [5, 5.41) is 0. The van der Waals surface area contributed by atoms with Gasteiger partial charge in [-0.1, -0.05) is 12.1 Å². The first kappa shape index (κ1) is 10.8. The van der Waals surface area contributed by atoms with E-state index in [9.17, 15) is 9.59 Å². The number of nitrogens with zero attached hydrogens (tertiary/aromatic N) is 1. The fraction of sp³-hybridized carbons (Fsp3) is 0.333. The standard InChI is InChI=1S/C12H13NO3/c14-9-12(15)10-2-1-3-11(8-10)13-4-6-16-7-5-13/h1-3,8-9H,4-7H2.